The molecule has 0 saturated carbocycles. The molecule has 0 aliphatic heterocycles. The van der Waals surface area contributed by atoms with Crippen molar-refractivity contribution in [3.05, 3.63) is 35.4 Å². The zero-order chi connectivity index (χ0) is 12.3. The summed E-state index contributed by atoms with van der Waals surface area (Å²) in [5.41, 5.74) is 1.62. The molecule has 1 rings (SSSR count). The minimum Gasteiger partial charge on any atom is -0.293 e. The van der Waals surface area contributed by atoms with Gasteiger partial charge in [-0.3, -0.25) is 9.00 Å². The first-order chi connectivity index (χ1) is 7.32. The third-order valence-electron chi connectivity index (χ3n) is 2.39. The van der Waals surface area contributed by atoms with Crippen LogP contribution >= 0.6 is 0 Å². The first kappa shape index (κ1) is 13.1. The topological polar surface area (TPSA) is 34.1 Å². The summed E-state index contributed by atoms with van der Waals surface area (Å²) in [5.74, 6) is 0.0697. The molecule has 88 valence electrons. The monoisotopic (exact) mass is 238 g/mol. The molecule has 0 aliphatic rings. The summed E-state index contributed by atoms with van der Waals surface area (Å²) in [6.45, 7) is 7.55. The minimum atomic E-state index is -1.13. The van der Waals surface area contributed by atoms with Gasteiger partial charge in [-0.15, -0.1) is 0 Å². The van der Waals surface area contributed by atoms with Crippen LogP contribution in [0.1, 0.15) is 36.7 Å². The van der Waals surface area contributed by atoms with E-state index in [2.05, 4.69) is 0 Å². The highest BCUT2D eigenvalue weighted by Crippen LogP contribution is 2.14. The van der Waals surface area contributed by atoms with Crippen molar-refractivity contribution in [3.63, 3.8) is 0 Å². The molecule has 0 radical (unpaired) electrons. The molecule has 0 aromatic heterocycles. The summed E-state index contributed by atoms with van der Waals surface area (Å²) in [6, 6.07) is 7.41. The molecule has 0 N–H and O–H groups in total. The smallest absolute Gasteiger partial charge is 0.175 e. The standard InChI is InChI=1S/C13H18O2S/c1-10-7-5-6-8-11(10)12(14)9-16(15)13(2,3)4/h5-8H,9H2,1-4H3. The summed E-state index contributed by atoms with van der Waals surface area (Å²) in [7, 11) is -1.13. The molecule has 2 nitrogen and oxygen atoms in total. The van der Waals surface area contributed by atoms with E-state index in [-0.39, 0.29) is 16.3 Å². The molecule has 3 heteroatoms. The zero-order valence-corrected chi connectivity index (χ0v) is 11.1. The Morgan fingerprint density at radius 2 is 1.81 bits per heavy atom. The van der Waals surface area contributed by atoms with Crippen LogP contribution in [0.4, 0.5) is 0 Å². The summed E-state index contributed by atoms with van der Waals surface area (Å²) in [6.07, 6.45) is 0. The average Bonchev–Trinajstić information content (AvgIpc) is 2.16. The molecule has 0 heterocycles. The van der Waals surface area contributed by atoms with Crippen molar-refractivity contribution in [2.45, 2.75) is 32.4 Å². The predicted molar refractivity (Wildman–Crippen MR) is 68.3 cm³/mol. The van der Waals surface area contributed by atoms with Crippen molar-refractivity contribution in [3.8, 4) is 0 Å². The molecule has 0 bridgehead atoms. The van der Waals surface area contributed by atoms with Gasteiger partial charge in [-0.05, 0) is 33.3 Å². The van der Waals surface area contributed by atoms with Crippen LogP contribution < -0.4 is 0 Å². The fraction of sp³-hybridized carbons (Fsp3) is 0.462. The van der Waals surface area contributed by atoms with E-state index in [0.717, 1.165) is 5.56 Å². The van der Waals surface area contributed by atoms with Crippen molar-refractivity contribution < 1.29 is 9.00 Å². The number of benzene rings is 1. The number of ketones is 1. The Kier molecular flexibility index (Phi) is 4.03. The highest BCUT2D eigenvalue weighted by molar-refractivity contribution is 7.87. The number of rotatable bonds is 3. The Bertz CT molecular complexity index is 416. The van der Waals surface area contributed by atoms with E-state index in [4.69, 9.17) is 0 Å². The molecule has 1 unspecified atom stereocenters. The van der Waals surface area contributed by atoms with E-state index in [1.54, 1.807) is 6.07 Å². The number of hydrogen-bond donors (Lipinski definition) is 0. The first-order valence-corrected chi connectivity index (χ1v) is 6.61. The second kappa shape index (κ2) is 4.91. The first-order valence-electron chi connectivity index (χ1n) is 5.29. The van der Waals surface area contributed by atoms with E-state index in [9.17, 15) is 9.00 Å². The fourth-order valence-corrected chi connectivity index (χ4v) is 2.13. The van der Waals surface area contributed by atoms with Gasteiger partial charge in [-0.1, -0.05) is 24.3 Å². The molecule has 0 aliphatic carbocycles. The minimum absolute atomic E-state index is 0.0358. The third-order valence-corrected chi connectivity index (χ3v) is 4.28. The highest BCUT2D eigenvalue weighted by Gasteiger charge is 2.22. The molecule has 0 fully saturated rings. The van der Waals surface area contributed by atoms with Crippen LogP contribution in [0.15, 0.2) is 24.3 Å². The van der Waals surface area contributed by atoms with Crippen LogP contribution in [0.25, 0.3) is 0 Å². The molecule has 0 amide bonds. The Balaban J connectivity index is 2.82. The van der Waals surface area contributed by atoms with Crippen molar-refractivity contribution in [2.24, 2.45) is 0 Å². The van der Waals surface area contributed by atoms with Crippen molar-refractivity contribution >= 4 is 16.6 Å². The quantitative estimate of drug-likeness (QED) is 0.759. The van der Waals surface area contributed by atoms with E-state index in [0.29, 0.717) is 5.56 Å². The van der Waals surface area contributed by atoms with Gasteiger partial charge in [0, 0.05) is 21.1 Å². The molecule has 0 saturated heterocycles. The maximum absolute atomic E-state index is 11.9. The SMILES string of the molecule is Cc1ccccc1C(=O)CS(=O)C(C)(C)C. The van der Waals surface area contributed by atoms with Crippen LogP contribution in [0.5, 0.6) is 0 Å². The summed E-state index contributed by atoms with van der Waals surface area (Å²) in [4.78, 5) is 11.9. The van der Waals surface area contributed by atoms with Gasteiger partial charge in [0.25, 0.3) is 0 Å². The van der Waals surface area contributed by atoms with Crippen molar-refractivity contribution in [2.75, 3.05) is 5.75 Å². The number of hydrogen-bond acceptors (Lipinski definition) is 2. The zero-order valence-electron chi connectivity index (χ0n) is 10.2. The summed E-state index contributed by atoms with van der Waals surface area (Å²) >= 11 is 0. The fourth-order valence-electron chi connectivity index (χ4n) is 1.30. The molecule has 16 heavy (non-hydrogen) atoms. The van der Waals surface area contributed by atoms with Gasteiger partial charge in [-0.25, -0.2) is 0 Å². The predicted octanol–water partition coefficient (Wildman–Crippen LogP) is 2.72. The van der Waals surface area contributed by atoms with Crippen molar-refractivity contribution in [1.29, 1.82) is 0 Å². The lowest BCUT2D eigenvalue weighted by Gasteiger charge is -2.17. The van der Waals surface area contributed by atoms with Crippen LogP contribution in [0.2, 0.25) is 0 Å². The van der Waals surface area contributed by atoms with Gasteiger partial charge in [0.2, 0.25) is 0 Å². The van der Waals surface area contributed by atoms with E-state index in [1.807, 2.05) is 45.9 Å². The summed E-state index contributed by atoms with van der Waals surface area (Å²) < 4.78 is 11.5. The lowest BCUT2D eigenvalue weighted by Crippen LogP contribution is -2.27. The van der Waals surface area contributed by atoms with Gasteiger partial charge >= 0.3 is 0 Å². The summed E-state index contributed by atoms with van der Waals surface area (Å²) in [5, 5.41) is 0. The van der Waals surface area contributed by atoms with Crippen LogP contribution in [0.3, 0.4) is 0 Å². The van der Waals surface area contributed by atoms with Gasteiger partial charge < -0.3 is 0 Å². The van der Waals surface area contributed by atoms with Crippen LogP contribution in [0, 0.1) is 6.92 Å². The maximum atomic E-state index is 11.9. The molecule has 0 spiro atoms. The lowest BCUT2D eigenvalue weighted by atomic mass is 10.1. The van der Waals surface area contributed by atoms with Crippen LogP contribution in [-0.4, -0.2) is 20.5 Å². The average molecular weight is 238 g/mol. The number of carbonyl (C=O) groups is 1. The van der Waals surface area contributed by atoms with Gasteiger partial charge in [0.1, 0.15) is 0 Å². The molecular formula is C13H18O2S. The Morgan fingerprint density at radius 3 is 2.31 bits per heavy atom. The van der Waals surface area contributed by atoms with E-state index in [1.165, 1.54) is 0 Å². The van der Waals surface area contributed by atoms with Crippen LogP contribution in [-0.2, 0) is 10.8 Å². The largest absolute Gasteiger partial charge is 0.293 e. The number of Topliss-reactive ketones (excluding diaryl/α,β-unsaturated/α-hetero) is 1. The van der Waals surface area contributed by atoms with Crippen molar-refractivity contribution in [1.82, 2.24) is 0 Å². The molecule has 1 aromatic carbocycles. The molecule has 1 aromatic rings. The van der Waals surface area contributed by atoms with Gasteiger partial charge in [0.15, 0.2) is 5.78 Å². The third kappa shape index (κ3) is 3.27. The highest BCUT2D eigenvalue weighted by atomic mass is 32.2. The van der Waals surface area contributed by atoms with E-state index < -0.39 is 10.8 Å². The Labute approximate surface area is 99.5 Å². The molecular weight excluding hydrogens is 220 g/mol. The maximum Gasteiger partial charge on any atom is 0.175 e. The lowest BCUT2D eigenvalue weighted by molar-refractivity contribution is 0.102. The van der Waals surface area contributed by atoms with Gasteiger partial charge in [0.05, 0.1) is 5.75 Å². The number of aryl methyl sites for hydroxylation is 1. The normalized spacial score (nSPS) is 13.5. The number of carbonyl (C=O) groups excluding carboxylic acids is 1. The molecule has 1 atom stereocenters. The Hall–Kier alpha value is -0.960. The van der Waals surface area contributed by atoms with Gasteiger partial charge in [-0.2, -0.15) is 0 Å². The second-order valence-corrected chi connectivity index (χ2v) is 7.04. The second-order valence-electron chi connectivity index (χ2n) is 4.84. The Morgan fingerprint density at radius 1 is 1.25 bits per heavy atom. The van der Waals surface area contributed by atoms with E-state index >= 15 is 0 Å².